The van der Waals surface area contributed by atoms with Crippen molar-refractivity contribution in [1.82, 2.24) is 10.2 Å². The van der Waals surface area contributed by atoms with E-state index < -0.39 is 0 Å². The van der Waals surface area contributed by atoms with Gasteiger partial charge in [-0.15, -0.1) is 10.2 Å². The first-order valence-corrected chi connectivity index (χ1v) is 10.3. The normalized spacial score (nSPS) is 12.2. The monoisotopic (exact) mass is 407 g/mol. The fourth-order valence-electron chi connectivity index (χ4n) is 1.52. The van der Waals surface area contributed by atoms with Crippen LogP contribution in [-0.2, 0) is 4.79 Å². The molecule has 1 amide bonds. The molecule has 0 saturated carbocycles. The van der Waals surface area contributed by atoms with Crippen LogP contribution in [0.4, 0.5) is 5.69 Å². The van der Waals surface area contributed by atoms with E-state index in [1.165, 1.54) is 23.1 Å². The Morgan fingerprint density at radius 3 is 2.83 bits per heavy atom. The largest absolute Gasteiger partial charge is 0.324 e. The maximum Gasteiger partial charge on any atom is 0.237 e. The zero-order valence-corrected chi connectivity index (χ0v) is 16.5. The molecule has 1 heterocycles. The summed E-state index contributed by atoms with van der Waals surface area (Å²) in [5.74, 6) is 0.861. The molecule has 2 rings (SSSR count). The highest BCUT2D eigenvalue weighted by atomic mass is 35.5. The van der Waals surface area contributed by atoms with E-state index in [1.54, 1.807) is 30.0 Å². The highest BCUT2D eigenvalue weighted by Gasteiger charge is 2.18. The Morgan fingerprint density at radius 1 is 1.35 bits per heavy atom. The van der Waals surface area contributed by atoms with E-state index in [9.17, 15) is 4.79 Å². The van der Waals surface area contributed by atoms with Crippen molar-refractivity contribution in [2.45, 2.75) is 34.2 Å². The average Bonchev–Trinajstić information content (AvgIpc) is 2.96. The van der Waals surface area contributed by atoms with E-state index in [2.05, 4.69) is 22.4 Å². The van der Waals surface area contributed by atoms with Crippen molar-refractivity contribution in [3.8, 4) is 0 Å². The van der Waals surface area contributed by atoms with Gasteiger partial charge in [0.15, 0.2) is 8.68 Å². The summed E-state index contributed by atoms with van der Waals surface area (Å²) in [6.07, 6.45) is 1.09. The van der Waals surface area contributed by atoms with Gasteiger partial charge in [0.2, 0.25) is 5.91 Å². The molecule has 0 aliphatic heterocycles. The van der Waals surface area contributed by atoms with Gasteiger partial charge in [0.1, 0.15) is 0 Å². The van der Waals surface area contributed by atoms with Gasteiger partial charge in [0.25, 0.3) is 0 Å². The molecule has 1 unspecified atom stereocenters. The SMILES string of the molecule is CCCSc1nnc(SC(C)C(=O)Nc2cc(Cl)ccc2Cl)s1. The molecule has 1 N–H and O–H groups in total. The van der Waals surface area contributed by atoms with Crippen LogP contribution in [0.1, 0.15) is 20.3 Å². The average molecular weight is 408 g/mol. The molecule has 1 aromatic carbocycles. The van der Waals surface area contributed by atoms with Crippen LogP contribution in [0, 0.1) is 0 Å². The van der Waals surface area contributed by atoms with Crippen LogP contribution in [0.3, 0.4) is 0 Å². The van der Waals surface area contributed by atoms with Crippen LogP contribution < -0.4 is 5.32 Å². The molecular weight excluding hydrogens is 393 g/mol. The quantitative estimate of drug-likeness (QED) is 0.616. The number of hydrogen-bond acceptors (Lipinski definition) is 6. The zero-order chi connectivity index (χ0) is 16.8. The third kappa shape index (κ3) is 5.83. The molecule has 0 fully saturated rings. The molecule has 23 heavy (non-hydrogen) atoms. The molecule has 0 bridgehead atoms. The molecule has 1 atom stereocenters. The fraction of sp³-hybridized carbons (Fsp3) is 0.357. The Hall–Kier alpha value is -0.470. The smallest absolute Gasteiger partial charge is 0.237 e. The van der Waals surface area contributed by atoms with Gasteiger partial charge < -0.3 is 5.32 Å². The van der Waals surface area contributed by atoms with E-state index in [1.807, 2.05) is 6.92 Å². The van der Waals surface area contributed by atoms with Gasteiger partial charge in [0, 0.05) is 10.8 Å². The van der Waals surface area contributed by atoms with Crippen LogP contribution in [-0.4, -0.2) is 27.1 Å². The Kier molecular flexibility index (Phi) is 7.49. The molecular formula is C14H15Cl2N3OS3. The van der Waals surface area contributed by atoms with E-state index in [-0.39, 0.29) is 11.2 Å². The number of carbonyl (C=O) groups excluding carboxylic acids is 1. The standard InChI is InChI=1S/C14H15Cl2N3OS3/c1-3-6-21-13-18-19-14(23-13)22-8(2)12(20)17-11-7-9(15)4-5-10(11)16/h4-5,7-8H,3,6H2,1-2H3,(H,17,20). The van der Waals surface area contributed by atoms with Gasteiger partial charge in [-0.3, -0.25) is 4.79 Å². The van der Waals surface area contributed by atoms with Crippen LogP contribution in [0.5, 0.6) is 0 Å². The molecule has 2 aromatic rings. The number of amides is 1. The van der Waals surface area contributed by atoms with Crippen molar-refractivity contribution >= 4 is 69.7 Å². The maximum absolute atomic E-state index is 12.3. The summed E-state index contributed by atoms with van der Waals surface area (Å²) in [6, 6.07) is 4.96. The van der Waals surface area contributed by atoms with Gasteiger partial charge in [-0.1, -0.05) is 65.0 Å². The lowest BCUT2D eigenvalue weighted by Crippen LogP contribution is -2.22. The van der Waals surface area contributed by atoms with E-state index in [0.29, 0.717) is 15.7 Å². The predicted molar refractivity (Wildman–Crippen MR) is 101 cm³/mol. The Bertz CT molecular complexity index is 681. The molecule has 0 aliphatic rings. The first-order chi connectivity index (χ1) is 11.0. The molecule has 124 valence electrons. The first-order valence-electron chi connectivity index (χ1n) is 6.88. The number of nitrogens with zero attached hydrogens (tertiary/aromatic N) is 2. The summed E-state index contributed by atoms with van der Waals surface area (Å²) >= 11 is 16.5. The first kappa shape index (κ1) is 18.9. The summed E-state index contributed by atoms with van der Waals surface area (Å²) in [4.78, 5) is 12.3. The number of nitrogens with one attached hydrogen (secondary N) is 1. The number of rotatable bonds is 7. The summed E-state index contributed by atoms with van der Waals surface area (Å²) in [5.41, 5.74) is 0.507. The highest BCUT2D eigenvalue weighted by molar-refractivity contribution is 8.03. The topological polar surface area (TPSA) is 54.9 Å². The Morgan fingerprint density at radius 2 is 2.09 bits per heavy atom. The number of halogens is 2. The van der Waals surface area contributed by atoms with Crippen molar-refractivity contribution in [1.29, 1.82) is 0 Å². The number of benzene rings is 1. The minimum Gasteiger partial charge on any atom is -0.324 e. The lowest BCUT2D eigenvalue weighted by Gasteiger charge is -2.11. The van der Waals surface area contributed by atoms with Crippen LogP contribution in [0.2, 0.25) is 10.0 Å². The molecule has 0 aliphatic carbocycles. The third-order valence-electron chi connectivity index (χ3n) is 2.65. The summed E-state index contributed by atoms with van der Waals surface area (Å²) < 4.78 is 1.71. The molecule has 0 spiro atoms. The molecule has 1 aromatic heterocycles. The minimum atomic E-state index is -0.318. The summed E-state index contributed by atoms with van der Waals surface area (Å²) in [5, 5.41) is 11.7. The zero-order valence-electron chi connectivity index (χ0n) is 12.5. The van der Waals surface area contributed by atoms with Crippen molar-refractivity contribution in [2.75, 3.05) is 11.1 Å². The molecule has 4 nitrogen and oxygen atoms in total. The summed E-state index contributed by atoms with van der Waals surface area (Å²) in [7, 11) is 0. The number of aromatic nitrogens is 2. The van der Waals surface area contributed by atoms with Crippen LogP contribution >= 0.6 is 58.1 Å². The lowest BCUT2D eigenvalue weighted by molar-refractivity contribution is -0.115. The Balaban J connectivity index is 1.94. The van der Waals surface area contributed by atoms with E-state index in [0.717, 1.165) is 20.9 Å². The molecule has 9 heteroatoms. The Labute approximate surface area is 157 Å². The van der Waals surface area contributed by atoms with Crippen LogP contribution in [0.15, 0.2) is 26.9 Å². The van der Waals surface area contributed by atoms with E-state index in [4.69, 9.17) is 23.2 Å². The molecule has 0 radical (unpaired) electrons. The number of carbonyl (C=O) groups is 1. The minimum absolute atomic E-state index is 0.155. The van der Waals surface area contributed by atoms with E-state index >= 15 is 0 Å². The van der Waals surface area contributed by atoms with Gasteiger partial charge in [-0.2, -0.15) is 0 Å². The predicted octanol–water partition coefficient (Wildman–Crippen LogP) is 5.47. The van der Waals surface area contributed by atoms with Crippen molar-refractivity contribution < 1.29 is 4.79 Å². The number of thioether (sulfide) groups is 2. The van der Waals surface area contributed by atoms with Crippen molar-refractivity contribution in [3.63, 3.8) is 0 Å². The second-order valence-corrected chi connectivity index (χ2v) is 9.31. The lowest BCUT2D eigenvalue weighted by atomic mass is 10.3. The summed E-state index contributed by atoms with van der Waals surface area (Å²) in [6.45, 7) is 3.94. The fourth-order valence-corrected chi connectivity index (χ4v) is 4.95. The second-order valence-electron chi connectivity index (χ2n) is 4.56. The van der Waals surface area contributed by atoms with Gasteiger partial charge in [-0.25, -0.2) is 0 Å². The molecule has 0 saturated heterocycles. The number of anilines is 1. The van der Waals surface area contributed by atoms with Gasteiger partial charge >= 0.3 is 0 Å². The van der Waals surface area contributed by atoms with Crippen LogP contribution in [0.25, 0.3) is 0 Å². The van der Waals surface area contributed by atoms with Gasteiger partial charge in [0.05, 0.1) is 16.0 Å². The highest BCUT2D eigenvalue weighted by Crippen LogP contribution is 2.32. The third-order valence-corrected chi connectivity index (χ3v) is 6.66. The number of hydrogen-bond donors (Lipinski definition) is 1. The maximum atomic E-state index is 12.3. The van der Waals surface area contributed by atoms with Crippen molar-refractivity contribution in [2.24, 2.45) is 0 Å². The van der Waals surface area contributed by atoms with Gasteiger partial charge in [-0.05, 0) is 31.5 Å². The second kappa shape index (κ2) is 9.13. The van der Waals surface area contributed by atoms with Crippen molar-refractivity contribution in [3.05, 3.63) is 28.2 Å².